The quantitative estimate of drug-likeness (QED) is 0.641. The molecule has 3 saturated heterocycles. The molecule has 1 unspecified atom stereocenters. The SMILES string of the molecule is CC1(C)CC2(CO1)NC1(CCO2)COC1. The van der Waals surface area contributed by atoms with Crippen molar-refractivity contribution in [2.75, 3.05) is 26.4 Å². The van der Waals surface area contributed by atoms with E-state index in [0.717, 1.165) is 32.7 Å². The summed E-state index contributed by atoms with van der Waals surface area (Å²) in [5.74, 6) is 0. The van der Waals surface area contributed by atoms with E-state index in [-0.39, 0.29) is 16.9 Å². The highest BCUT2D eigenvalue weighted by molar-refractivity contribution is 5.05. The number of rotatable bonds is 0. The van der Waals surface area contributed by atoms with Crippen LogP contribution in [-0.4, -0.2) is 43.3 Å². The molecule has 1 N–H and O–H groups in total. The molecule has 0 saturated carbocycles. The second kappa shape index (κ2) is 2.94. The Morgan fingerprint density at radius 1 is 1.07 bits per heavy atom. The third kappa shape index (κ3) is 1.60. The molecule has 86 valence electrons. The lowest BCUT2D eigenvalue weighted by atomic mass is 9.87. The van der Waals surface area contributed by atoms with Gasteiger partial charge in [-0.05, 0) is 20.3 Å². The lowest BCUT2D eigenvalue weighted by Gasteiger charge is -2.51. The van der Waals surface area contributed by atoms with Crippen LogP contribution in [0.2, 0.25) is 0 Å². The standard InChI is InChI=1S/C11H19NO3/c1-9(2)5-11(8-15-9)12-10(3-4-14-11)6-13-7-10/h12H,3-8H2,1-2H3. The molecule has 0 radical (unpaired) electrons. The summed E-state index contributed by atoms with van der Waals surface area (Å²) in [5.41, 5.74) is -0.163. The van der Waals surface area contributed by atoms with Crippen LogP contribution >= 0.6 is 0 Å². The molecule has 0 amide bonds. The number of nitrogens with one attached hydrogen (secondary N) is 1. The Morgan fingerprint density at radius 3 is 2.40 bits per heavy atom. The summed E-state index contributed by atoms with van der Waals surface area (Å²) in [4.78, 5) is 0. The number of hydrogen-bond acceptors (Lipinski definition) is 4. The molecule has 0 aromatic rings. The molecule has 2 spiro atoms. The molecule has 0 aliphatic carbocycles. The first-order valence-electron chi connectivity index (χ1n) is 5.68. The number of hydrogen-bond donors (Lipinski definition) is 1. The van der Waals surface area contributed by atoms with Crippen LogP contribution in [0.15, 0.2) is 0 Å². The summed E-state index contributed by atoms with van der Waals surface area (Å²) in [6.45, 7) is 7.34. The van der Waals surface area contributed by atoms with Crippen molar-refractivity contribution >= 4 is 0 Å². The molecular weight excluding hydrogens is 194 g/mol. The van der Waals surface area contributed by atoms with Crippen LogP contribution in [0.25, 0.3) is 0 Å². The smallest absolute Gasteiger partial charge is 0.146 e. The van der Waals surface area contributed by atoms with Crippen LogP contribution in [0, 0.1) is 0 Å². The van der Waals surface area contributed by atoms with Gasteiger partial charge in [0, 0.05) is 6.42 Å². The summed E-state index contributed by atoms with van der Waals surface area (Å²) < 4.78 is 17.0. The van der Waals surface area contributed by atoms with Gasteiger partial charge in [-0.1, -0.05) is 0 Å². The van der Waals surface area contributed by atoms with Crippen molar-refractivity contribution in [3.63, 3.8) is 0 Å². The minimum absolute atomic E-state index is 0.0733. The molecule has 3 aliphatic heterocycles. The zero-order valence-corrected chi connectivity index (χ0v) is 9.47. The van der Waals surface area contributed by atoms with Gasteiger partial charge in [0.05, 0.1) is 37.6 Å². The van der Waals surface area contributed by atoms with Crippen molar-refractivity contribution in [1.29, 1.82) is 0 Å². The van der Waals surface area contributed by atoms with Gasteiger partial charge >= 0.3 is 0 Å². The van der Waals surface area contributed by atoms with Gasteiger partial charge in [0.25, 0.3) is 0 Å². The van der Waals surface area contributed by atoms with Crippen molar-refractivity contribution in [2.45, 2.75) is 43.6 Å². The predicted molar refractivity (Wildman–Crippen MR) is 54.6 cm³/mol. The van der Waals surface area contributed by atoms with E-state index in [4.69, 9.17) is 14.2 Å². The van der Waals surface area contributed by atoms with Gasteiger partial charge in [-0.2, -0.15) is 0 Å². The largest absolute Gasteiger partial charge is 0.377 e. The van der Waals surface area contributed by atoms with Crippen molar-refractivity contribution in [1.82, 2.24) is 5.32 Å². The summed E-state index contributed by atoms with van der Waals surface area (Å²) in [5, 5.41) is 3.63. The van der Waals surface area contributed by atoms with Crippen molar-refractivity contribution in [2.24, 2.45) is 0 Å². The Labute approximate surface area is 90.3 Å². The van der Waals surface area contributed by atoms with E-state index < -0.39 is 0 Å². The van der Waals surface area contributed by atoms with Gasteiger partial charge < -0.3 is 14.2 Å². The lowest BCUT2D eigenvalue weighted by Crippen LogP contribution is -2.72. The van der Waals surface area contributed by atoms with Crippen LogP contribution in [0.1, 0.15) is 26.7 Å². The first-order valence-corrected chi connectivity index (χ1v) is 5.68. The van der Waals surface area contributed by atoms with Gasteiger partial charge in [0.1, 0.15) is 5.72 Å². The first-order chi connectivity index (χ1) is 7.04. The van der Waals surface area contributed by atoms with Crippen molar-refractivity contribution in [3.8, 4) is 0 Å². The second-order valence-corrected chi connectivity index (χ2v) is 5.72. The van der Waals surface area contributed by atoms with Crippen LogP contribution in [0.4, 0.5) is 0 Å². The fourth-order valence-electron chi connectivity index (χ4n) is 2.86. The normalized spacial score (nSPS) is 42.0. The zero-order chi connectivity index (χ0) is 10.6. The molecule has 0 aromatic carbocycles. The molecule has 15 heavy (non-hydrogen) atoms. The monoisotopic (exact) mass is 213 g/mol. The molecular formula is C11H19NO3. The van der Waals surface area contributed by atoms with E-state index in [0.29, 0.717) is 6.61 Å². The molecule has 3 aliphatic rings. The van der Waals surface area contributed by atoms with E-state index in [1.54, 1.807) is 0 Å². The summed E-state index contributed by atoms with van der Waals surface area (Å²) in [6.07, 6.45) is 1.97. The summed E-state index contributed by atoms with van der Waals surface area (Å²) in [6, 6.07) is 0. The van der Waals surface area contributed by atoms with Crippen LogP contribution in [0.5, 0.6) is 0 Å². The Morgan fingerprint density at radius 2 is 1.87 bits per heavy atom. The van der Waals surface area contributed by atoms with E-state index in [1.165, 1.54) is 0 Å². The van der Waals surface area contributed by atoms with E-state index in [9.17, 15) is 0 Å². The maximum Gasteiger partial charge on any atom is 0.146 e. The molecule has 3 fully saturated rings. The lowest BCUT2D eigenvalue weighted by molar-refractivity contribution is -0.194. The summed E-state index contributed by atoms with van der Waals surface area (Å²) >= 11 is 0. The van der Waals surface area contributed by atoms with Gasteiger partial charge in [0.15, 0.2) is 0 Å². The highest BCUT2D eigenvalue weighted by Crippen LogP contribution is 2.39. The molecule has 4 nitrogen and oxygen atoms in total. The fraction of sp³-hybridized carbons (Fsp3) is 1.00. The topological polar surface area (TPSA) is 39.7 Å². The Balaban J connectivity index is 1.76. The van der Waals surface area contributed by atoms with Gasteiger partial charge in [0.2, 0.25) is 0 Å². The third-order valence-corrected chi connectivity index (χ3v) is 3.62. The molecule has 3 heterocycles. The Hall–Kier alpha value is -0.160. The maximum atomic E-state index is 5.90. The average molecular weight is 213 g/mol. The van der Waals surface area contributed by atoms with Crippen LogP contribution in [0.3, 0.4) is 0 Å². The Kier molecular flexibility index (Phi) is 1.97. The first kappa shape index (κ1) is 10.0. The molecule has 3 rings (SSSR count). The number of ether oxygens (including phenoxy) is 3. The predicted octanol–water partition coefficient (Wildman–Crippen LogP) is 0.660. The molecule has 4 heteroatoms. The van der Waals surface area contributed by atoms with Crippen LogP contribution in [-0.2, 0) is 14.2 Å². The summed E-state index contributed by atoms with van der Waals surface area (Å²) in [7, 11) is 0. The second-order valence-electron chi connectivity index (χ2n) is 5.72. The van der Waals surface area contributed by atoms with Gasteiger partial charge in [-0.3, -0.25) is 5.32 Å². The minimum atomic E-state index is -0.258. The molecule has 1 atom stereocenters. The van der Waals surface area contributed by atoms with Crippen LogP contribution < -0.4 is 5.32 Å². The highest BCUT2D eigenvalue weighted by Gasteiger charge is 2.54. The van der Waals surface area contributed by atoms with E-state index >= 15 is 0 Å². The van der Waals surface area contributed by atoms with Gasteiger partial charge in [-0.15, -0.1) is 0 Å². The maximum absolute atomic E-state index is 5.90. The van der Waals surface area contributed by atoms with E-state index in [2.05, 4.69) is 19.2 Å². The third-order valence-electron chi connectivity index (χ3n) is 3.62. The molecule has 0 aromatic heterocycles. The van der Waals surface area contributed by atoms with Crippen molar-refractivity contribution < 1.29 is 14.2 Å². The van der Waals surface area contributed by atoms with E-state index in [1.807, 2.05) is 0 Å². The zero-order valence-electron chi connectivity index (χ0n) is 9.47. The van der Waals surface area contributed by atoms with Crippen molar-refractivity contribution in [3.05, 3.63) is 0 Å². The fourth-order valence-corrected chi connectivity index (χ4v) is 2.86. The minimum Gasteiger partial charge on any atom is -0.377 e. The highest BCUT2D eigenvalue weighted by atomic mass is 16.6. The average Bonchev–Trinajstić information content (AvgIpc) is 2.39. The Bertz CT molecular complexity index is 275. The van der Waals surface area contributed by atoms with Gasteiger partial charge in [-0.25, -0.2) is 0 Å². The molecule has 0 bridgehead atoms.